The fourth-order valence-corrected chi connectivity index (χ4v) is 8.86. The second-order valence-electron chi connectivity index (χ2n) is 12.4. The normalized spacial score (nSPS) is 30.2. The van der Waals surface area contributed by atoms with E-state index >= 15 is 0 Å². The Morgan fingerprint density at radius 1 is 1.00 bits per heavy atom. The Bertz CT molecular complexity index is 1460. The van der Waals surface area contributed by atoms with E-state index in [2.05, 4.69) is 10.3 Å². The van der Waals surface area contributed by atoms with E-state index < -0.39 is 18.1 Å². The third kappa shape index (κ3) is 4.12. The van der Waals surface area contributed by atoms with Crippen LogP contribution in [0.5, 0.6) is 0 Å². The van der Waals surface area contributed by atoms with Crippen LogP contribution in [-0.4, -0.2) is 52.2 Å². The lowest BCUT2D eigenvalue weighted by Gasteiger charge is -2.56. The average molecular weight is 560 g/mol. The third-order valence-electron chi connectivity index (χ3n) is 9.91. The summed E-state index contributed by atoms with van der Waals surface area (Å²) in [5, 5.41) is 4.47. The van der Waals surface area contributed by atoms with Crippen molar-refractivity contribution >= 4 is 40.3 Å². The van der Waals surface area contributed by atoms with Gasteiger partial charge in [0, 0.05) is 34.1 Å². The van der Waals surface area contributed by atoms with E-state index in [0.29, 0.717) is 12.0 Å². The van der Waals surface area contributed by atoms with Crippen LogP contribution < -0.4 is 5.32 Å². The van der Waals surface area contributed by atoms with Crippen molar-refractivity contribution in [3.05, 3.63) is 70.9 Å². The van der Waals surface area contributed by atoms with Crippen LogP contribution in [0.4, 0.5) is 0 Å². The average Bonchev–Trinajstić information content (AvgIpc) is 3.33. The van der Waals surface area contributed by atoms with Gasteiger partial charge in [0.1, 0.15) is 11.9 Å². The fraction of sp³-hybridized carbons (Fsp3) is 0.469. The van der Waals surface area contributed by atoms with Crippen LogP contribution in [0.25, 0.3) is 10.9 Å². The molecule has 2 N–H and O–H groups in total. The second kappa shape index (κ2) is 9.65. The summed E-state index contributed by atoms with van der Waals surface area (Å²) >= 11 is 6.07. The summed E-state index contributed by atoms with van der Waals surface area (Å²) in [6, 6.07) is 14.0. The Kier molecular flexibility index (Phi) is 6.19. The van der Waals surface area contributed by atoms with Crippen molar-refractivity contribution in [2.75, 3.05) is 13.0 Å². The number of nitrogens with zero attached hydrogens (tertiary/aromatic N) is 1. The first kappa shape index (κ1) is 25.6. The Morgan fingerprint density at radius 2 is 1.65 bits per heavy atom. The molecule has 1 aliphatic heterocycles. The van der Waals surface area contributed by atoms with Gasteiger partial charge in [0.15, 0.2) is 0 Å². The summed E-state index contributed by atoms with van der Waals surface area (Å²) in [4.78, 5) is 44.7. The molecule has 2 amide bonds. The molecule has 2 atom stereocenters. The van der Waals surface area contributed by atoms with Crippen LogP contribution in [-0.2, 0) is 20.7 Å². The third-order valence-corrected chi connectivity index (χ3v) is 10.1. The zero-order valence-corrected chi connectivity index (χ0v) is 23.4. The SMILES string of the molecule is COC(=O)[C@H]1Cc2c([nH]c3ccccc23)[C@@H](c2ccc(C(=O)NC34CC5CC(CC(C5)C3)C4)cc2)N1C(=O)CCl. The van der Waals surface area contributed by atoms with Crippen molar-refractivity contribution in [1.29, 1.82) is 0 Å². The Labute approximate surface area is 238 Å². The number of fused-ring (bicyclic) bond motifs is 3. The number of aromatic nitrogens is 1. The highest BCUT2D eigenvalue weighted by molar-refractivity contribution is 6.27. The van der Waals surface area contributed by atoms with E-state index in [4.69, 9.17) is 16.3 Å². The van der Waals surface area contributed by atoms with Crippen molar-refractivity contribution in [2.45, 2.75) is 62.6 Å². The lowest BCUT2D eigenvalue weighted by atomic mass is 9.53. The lowest BCUT2D eigenvalue weighted by Crippen LogP contribution is -2.59. The molecule has 5 aliphatic rings. The lowest BCUT2D eigenvalue weighted by molar-refractivity contribution is -0.154. The van der Waals surface area contributed by atoms with Crippen LogP contribution in [0.2, 0.25) is 0 Å². The molecule has 8 rings (SSSR count). The molecule has 4 saturated carbocycles. The van der Waals surface area contributed by atoms with Crippen LogP contribution in [0.1, 0.15) is 71.7 Å². The van der Waals surface area contributed by atoms with E-state index in [1.807, 2.05) is 48.5 Å². The number of alkyl halides is 1. The first-order chi connectivity index (χ1) is 19.4. The predicted octanol–water partition coefficient (Wildman–Crippen LogP) is 5.12. The molecule has 7 nitrogen and oxygen atoms in total. The standard InChI is InChI=1S/C32H34ClN3O4/c1-40-31(39)26-13-24-23-4-2-3-5-25(23)34-28(24)29(36(26)27(37)17-33)21-6-8-22(9-7-21)30(38)35-32-14-18-10-19(15-32)12-20(11-18)16-32/h2-9,18-20,26,29,34H,10-17H2,1H3,(H,35,38)/t18?,19?,20?,26-,29-,32?/m1/s1. The number of hydrogen-bond acceptors (Lipinski definition) is 4. The number of methoxy groups -OCH3 is 1. The summed E-state index contributed by atoms with van der Waals surface area (Å²) in [6.45, 7) is 0. The summed E-state index contributed by atoms with van der Waals surface area (Å²) in [7, 11) is 1.34. The Morgan fingerprint density at radius 3 is 2.27 bits per heavy atom. The van der Waals surface area contributed by atoms with E-state index in [1.54, 1.807) is 4.90 Å². The molecule has 1 aromatic heterocycles. The molecule has 2 aromatic carbocycles. The number of H-pyrrole nitrogens is 1. The number of carbonyl (C=O) groups excluding carboxylic acids is 3. The minimum atomic E-state index is -0.813. The van der Waals surface area contributed by atoms with Gasteiger partial charge in [0.25, 0.3) is 5.91 Å². The molecule has 0 unspecified atom stereocenters. The van der Waals surface area contributed by atoms with Gasteiger partial charge in [-0.15, -0.1) is 11.6 Å². The topological polar surface area (TPSA) is 91.5 Å². The summed E-state index contributed by atoms with van der Waals surface area (Å²) in [5.41, 5.74) is 4.11. The van der Waals surface area contributed by atoms with Crippen molar-refractivity contribution in [3.63, 3.8) is 0 Å². The number of carbonyl (C=O) groups is 3. The van der Waals surface area contributed by atoms with Crippen molar-refractivity contribution in [3.8, 4) is 0 Å². The molecule has 4 bridgehead atoms. The summed E-state index contributed by atoms with van der Waals surface area (Å²) in [6.07, 6.45) is 7.59. The second-order valence-corrected chi connectivity index (χ2v) is 12.7. The predicted molar refractivity (Wildman–Crippen MR) is 152 cm³/mol. The first-order valence-electron chi connectivity index (χ1n) is 14.3. The van der Waals surface area contributed by atoms with Gasteiger partial charge < -0.3 is 19.9 Å². The zero-order chi connectivity index (χ0) is 27.6. The smallest absolute Gasteiger partial charge is 0.328 e. The van der Waals surface area contributed by atoms with E-state index in [-0.39, 0.29) is 23.2 Å². The zero-order valence-electron chi connectivity index (χ0n) is 22.6. The molecular formula is C32H34ClN3O4. The number of benzene rings is 2. The largest absolute Gasteiger partial charge is 0.467 e. The number of rotatable bonds is 5. The monoisotopic (exact) mass is 559 g/mol. The molecule has 2 heterocycles. The molecule has 8 heteroatoms. The highest BCUT2D eigenvalue weighted by atomic mass is 35.5. The highest BCUT2D eigenvalue weighted by Crippen LogP contribution is 2.55. The minimum absolute atomic E-state index is 0.0374. The number of amides is 2. The molecule has 4 fully saturated rings. The molecule has 0 saturated heterocycles. The summed E-state index contributed by atoms with van der Waals surface area (Å²) in [5.74, 6) is 1.12. The van der Waals surface area contributed by atoms with Crippen LogP contribution in [0, 0.1) is 17.8 Å². The Hall–Kier alpha value is -3.32. The summed E-state index contributed by atoms with van der Waals surface area (Å²) < 4.78 is 5.13. The molecular weight excluding hydrogens is 526 g/mol. The number of para-hydroxylation sites is 1. The number of hydrogen-bond donors (Lipinski definition) is 2. The van der Waals surface area contributed by atoms with E-state index in [0.717, 1.165) is 64.7 Å². The number of aromatic amines is 1. The van der Waals surface area contributed by atoms with Gasteiger partial charge >= 0.3 is 5.97 Å². The van der Waals surface area contributed by atoms with Crippen LogP contribution >= 0.6 is 11.6 Å². The van der Waals surface area contributed by atoms with Gasteiger partial charge in [-0.05, 0) is 85.6 Å². The van der Waals surface area contributed by atoms with E-state index in [1.165, 1.54) is 26.4 Å². The Balaban J connectivity index is 1.23. The number of ether oxygens (including phenoxy) is 1. The molecule has 208 valence electrons. The van der Waals surface area contributed by atoms with Gasteiger partial charge in [-0.3, -0.25) is 9.59 Å². The minimum Gasteiger partial charge on any atom is -0.467 e. The first-order valence-corrected chi connectivity index (χ1v) is 14.9. The number of halogens is 1. The van der Waals surface area contributed by atoms with Gasteiger partial charge in [0.05, 0.1) is 13.2 Å². The fourth-order valence-electron chi connectivity index (χ4n) is 8.73. The molecule has 0 spiro atoms. The van der Waals surface area contributed by atoms with Gasteiger partial charge in [-0.1, -0.05) is 30.3 Å². The van der Waals surface area contributed by atoms with Gasteiger partial charge in [0.2, 0.25) is 5.91 Å². The molecule has 3 aromatic rings. The van der Waals surface area contributed by atoms with Gasteiger partial charge in [-0.2, -0.15) is 0 Å². The molecule has 40 heavy (non-hydrogen) atoms. The van der Waals surface area contributed by atoms with Crippen LogP contribution in [0.15, 0.2) is 48.5 Å². The molecule has 0 radical (unpaired) electrons. The number of nitrogens with one attached hydrogen (secondary N) is 2. The van der Waals surface area contributed by atoms with Crippen molar-refractivity contribution < 1.29 is 19.1 Å². The maximum Gasteiger partial charge on any atom is 0.328 e. The quantitative estimate of drug-likeness (QED) is 0.335. The van der Waals surface area contributed by atoms with Crippen molar-refractivity contribution in [2.24, 2.45) is 17.8 Å². The maximum absolute atomic E-state index is 13.5. The molecule has 4 aliphatic carbocycles. The highest BCUT2D eigenvalue weighted by Gasteiger charge is 2.51. The number of esters is 1. The maximum atomic E-state index is 13.5. The van der Waals surface area contributed by atoms with Crippen LogP contribution in [0.3, 0.4) is 0 Å². The van der Waals surface area contributed by atoms with Crippen molar-refractivity contribution in [1.82, 2.24) is 15.2 Å². The van der Waals surface area contributed by atoms with E-state index in [9.17, 15) is 14.4 Å². The van der Waals surface area contributed by atoms with Gasteiger partial charge in [-0.25, -0.2) is 4.79 Å².